The average Bonchev–Trinajstić information content (AvgIpc) is 2.54. The minimum atomic E-state index is -0.733. The number of hydrogen-bond acceptors (Lipinski definition) is 4. The smallest absolute Gasteiger partial charge is 0.327 e. The summed E-state index contributed by atoms with van der Waals surface area (Å²) in [5, 5.41) is 13.0. The zero-order valence-electron chi connectivity index (χ0n) is 13.1. The highest BCUT2D eigenvalue weighted by atomic mass is 35.5. The second-order valence-corrected chi connectivity index (χ2v) is 6.23. The van der Waals surface area contributed by atoms with Crippen molar-refractivity contribution < 1.29 is 19.4 Å². The predicted octanol–water partition coefficient (Wildman–Crippen LogP) is 3.18. The van der Waals surface area contributed by atoms with Crippen molar-refractivity contribution in [3.63, 3.8) is 0 Å². The van der Waals surface area contributed by atoms with Gasteiger partial charge in [0.25, 0.3) is 0 Å². The number of benzene rings is 1. The van der Waals surface area contributed by atoms with E-state index >= 15 is 0 Å². The third kappa shape index (κ3) is 4.94. The molecule has 1 aromatic rings. The van der Waals surface area contributed by atoms with Gasteiger partial charge in [0.2, 0.25) is 0 Å². The molecule has 1 unspecified atom stereocenters. The van der Waals surface area contributed by atoms with E-state index < -0.39 is 12.0 Å². The van der Waals surface area contributed by atoms with E-state index in [2.05, 4.69) is 5.32 Å². The number of carbonyl (C=O) groups is 2. The second-order valence-electron chi connectivity index (χ2n) is 5.79. The molecule has 0 amide bonds. The van der Waals surface area contributed by atoms with Crippen molar-refractivity contribution >= 4 is 23.5 Å². The molecule has 1 aliphatic carbocycles. The lowest BCUT2D eigenvalue weighted by Gasteiger charge is -2.30. The van der Waals surface area contributed by atoms with E-state index in [9.17, 15) is 9.59 Å². The Hall–Kier alpha value is -1.59. The number of rotatable bonds is 6. The molecule has 0 bridgehead atoms. The van der Waals surface area contributed by atoms with Crippen LogP contribution in [0.2, 0.25) is 5.02 Å². The number of esters is 1. The van der Waals surface area contributed by atoms with Crippen molar-refractivity contribution in [3.05, 3.63) is 34.9 Å². The lowest BCUT2D eigenvalue weighted by atomic mass is 9.85. The number of carboxylic acid groups (broad SMARTS) is 1. The molecule has 2 rings (SSSR count). The molecule has 2 N–H and O–H groups in total. The van der Waals surface area contributed by atoms with Crippen LogP contribution in [0, 0.1) is 5.92 Å². The molecule has 1 atom stereocenters. The number of hydrogen-bond donors (Lipinski definition) is 2. The molecule has 1 saturated carbocycles. The van der Waals surface area contributed by atoms with E-state index in [1.807, 2.05) is 0 Å². The summed E-state index contributed by atoms with van der Waals surface area (Å²) in [6.45, 7) is 2.09. The molecular weight excluding hydrogens is 318 g/mol. The number of nitrogens with one attached hydrogen (secondary N) is 1. The van der Waals surface area contributed by atoms with Crippen LogP contribution in [0.1, 0.15) is 44.2 Å². The van der Waals surface area contributed by atoms with E-state index in [0.29, 0.717) is 24.5 Å². The second kappa shape index (κ2) is 8.31. The average molecular weight is 340 g/mol. The van der Waals surface area contributed by atoms with E-state index in [0.717, 1.165) is 18.4 Å². The SMILES string of the molecule is CCOC(=O)C(NC1CCC(C(=O)O)CC1)c1ccc(Cl)cc1. The van der Waals surface area contributed by atoms with Gasteiger partial charge in [0.05, 0.1) is 12.5 Å². The molecule has 1 aliphatic rings. The number of halogens is 1. The van der Waals surface area contributed by atoms with Gasteiger partial charge in [-0.2, -0.15) is 0 Å². The van der Waals surface area contributed by atoms with Crippen LogP contribution in [0.5, 0.6) is 0 Å². The van der Waals surface area contributed by atoms with Gasteiger partial charge in [-0.3, -0.25) is 10.1 Å². The molecule has 0 heterocycles. The number of aliphatic carboxylic acids is 1. The molecular formula is C17H22ClNO4. The fourth-order valence-electron chi connectivity index (χ4n) is 2.92. The topological polar surface area (TPSA) is 75.6 Å². The Labute approximate surface area is 141 Å². The van der Waals surface area contributed by atoms with Gasteiger partial charge in [-0.05, 0) is 50.3 Å². The zero-order valence-corrected chi connectivity index (χ0v) is 13.9. The third-order valence-corrected chi connectivity index (χ3v) is 4.46. The van der Waals surface area contributed by atoms with Crippen LogP contribution in [0.4, 0.5) is 0 Å². The van der Waals surface area contributed by atoms with E-state index in [4.69, 9.17) is 21.4 Å². The maximum Gasteiger partial charge on any atom is 0.327 e. The number of ether oxygens (including phenoxy) is 1. The normalized spacial score (nSPS) is 22.3. The Morgan fingerprint density at radius 2 is 1.87 bits per heavy atom. The maximum absolute atomic E-state index is 12.3. The summed E-state index contributed by atoms with van der Waals surface area (Å²) in [6, 6.07) is 6.65. The first-order chi connectivity index (χ1) is 11.0. The first-order valence-corrected chi connectivity index (χ1v) is 8.30. The fourth-order valence-corrected chi connectivity index (χ4v) is 3.05. The Kier molecular flexibility index (Phi) is 6.42. The first-order valence-electron chi connectivity index (χ1n) is 7.92. The van der Waals surface area contributed by atoms with Crippen molar-refractivity contribution in [1.29, 1.82) is 0 Å². The third-order valence-electron chi connectivity index (χ3n) is 4.20. The lowest BCUT2D eigenvalue weighted by molar-refractivity contribution is -0.147. The molecule has 23 heavy (non-hydrogen) atoms. The van der Waals surface area contributed by atoms with Crippen molar-refractivity contribution in [2.75, 3.05) is 6.61 Å². The number of carbonyl (C=O) groups excluding carboxylic acids is 1. The maximum atomic E-state index is 12.3. The van der Waals surface area contributed by atoms with Gasteiger partial charge in [-0.25, -0.2) is 4.79 Å². The summed E-state index contributed by atoms with van der Waals surface area (Å²) in [5.74, 6) is -1.33. The quantitative estimate of drug-likeness (QED) is 0.778. The van der Waals surface area contributed by atoms with Crippen LogP contribution in [0.3, 0.4) is 0 Å². The van der Waals surface area contributed by atoms with Gasteiger partial charge in [-0.1, -0.05) is 23.7 Å². The summed E-state index contributed by atoms with van der Waals surface area (Å²) >= 11 is 5.90. The van der Waals surface area contributed by atoms with Gasteiger partial charge in [0.15, 0.2) is 0 Å². The standard InChI is InChI=1S/C17H22ClNO4/c1-2-23-17(22)15(11-3-7-13(18)8-4-11)19-14-9-5-12(6-10-14)16(20)21/h3-4,7-8,12,14-15,19H,2,5-6,9-10H2,1H3,(H,20,21). The van der Waals surface area contributed by atoms with E-state index in [-0.39, 0.29) is 17.9 Å². The molecule has 6 heteroatoms. The number of carboxylic acids is 1. The largest absolute Gasteiger partial charge is 0.481 e. The summed E-state index contributed by atoms with van der Waals surface area (Å²) in [6.07, 6.45) is 2.73. The molecule has 1 fully saturated rings. The molecule has 0 saturated heterocycles. The molecule has 5 nitrogen and oxygen atoms in total. The van der Waals surface area contributed by atoms with E-state index in [1.165, 1.54) is 0 Å². The van der Waals surface area contributed by atoms with Crippen molar-refractivity contribution in [3.8, 4) is 0 Å². The van der Waals surface area contributed by atoms with Crippen LogP contribution >= 0.6 is 11.6 Å². The molecule has 0 aliphatic heterocycles. The van der Waals surface area contributed by atoms with Gasteiger partial charge in [-0.15, -0.1) is 0 Å². The summed E-state index contributed by atoms with van der Waals surface area (Å²) in [5.41, 5.74) is 0.799. The van der Waals surface area contributed by atoms with Crippen LogP contribution in [-0.2, 0) is 14.3 Å². The van der Waals surface area contributed by atoms with Crippen LogP contribution in [0.25, 0.3) is 0 Å². The van der Waals surface area contributed by atoms with Crippen molar-refractivity contribution in [1.82, 2.24) is 5.32 Å². The summed E-state index contributed by atoms with van der Waals surface area (Å²) < 4.78 is 5.16. The minimum Gasteiger partial charge on any atom is -0.481 e. The van der Waals surface area contributed by atoms with Gasteiger partial charge in [0, 0.05) is 11.1 Å². The Morgan fingerprint density at radius 3 is 2.39 bits per heavy atom. The molecule has 0 spiro atoms. The van der Waals surface area contributed by atoms with Crippen LogP contribution in [0.15, 0.2) is 24.3 Å². The van der Waals surface area contributed by atoms with Gasteiger partial charge < -0.3 is 9.84 Å². The highest BCUT2D eigenvalue weighted by Crippen LogP contribution is 2.27. The highest BCUT2D eigenvalue weighted by molar-refractivity contribution is 6.30. The minimum absolute atomic E-state index is 0.107. The zero-order chi connectivity index (χ0) is 16.8. The molecule has 0 aromatic heterocycles. The fraction of sp³-hybridized carbons (Fsp3) is 0.529. The summed E-state index contributed by atoms with van der Waals surface area (Å²) in [4.78, 5) is 23.3. The Morgan fingerprint density at radius 1 is 1.26 bits per heavy atom. The Balaban J connectivity index is 2.05. The molecule has 1 aromatic carbocycles. The van der Waals surface area contributed by atoms with Crippen molar-refractivity contribution in [2.45, 2.75) is 44.7 Å². The van der Waals surface area contributed by atoms with Crippen LogP contribution < -0.4 is 5.32 Å². The van der Waals surface area contributed by atoms with Gasteiger partial charge in [0.1, 0.15) is 6.04 Å². The molecule has 126 valence electrons. The summed E-state index contributed by atoms with van der Waals surface area (Å²) in [7, 11) is 0. The van der Waals surface area contributed by atoms with Crippen molar-refractivity contribution in [2.24, 2.45) is 5.92 Å². The van der Waals surface area contributed by atoms with Gasteiger partial charge >= 0.3 is 11.9 Å². The Bertz CT molecular complexity index is 538. The lowest BCUT2D eigenvalue weighted by Crippen LogP contribution is -2.40. The molecule has 0 radical (unpaired) electrons. The first kappa shape index (κ1) is 17.8. The predicted molar refractivity (Wildman–Crippen MR) is 87.3 cm³/mol. The van der Waals surface area contributed by atoms with E-state index in [1.54, 1.807) is 31.2 Å². The van der Waals surface area contributed by atoms with Crippen LogP contribution in [-0.4, -0.2) is 29.7 Å². The monoisotopic (exact) mass is 339 g/mol. The highest BCUT2D eigenvalue weighted by Gasteiger charge is 2.30.